The standard InChI is InChI=1S/C49H58N10O5S/c1-6-43(61)54-38-25-31(11-12-40(38)58-24-23-57(28-30(58)2)32-15-20-56(21-16-32)33-13-18-50-42(26-33)49(3,4)63)53-45-47(64-5)52-27-39(55-45)34-14-19-51-46(37(34)29-60)59-22-17-36-35-9-7-8-10-41(35)65-44(36)48(59)62/h6,11-14,18-19,25-27,30,32,60,63H,1,7-10,15-17,20-24,28-29H2,2-5H3,(H,53,55)(H,54,61)/t30-/m0/s1. The van der Waals surface area contributed by atoms with Crippen LogP contribution in [0.3, 0.4) is 0 Å². The Bertz CT molecular complexity index is 2600. The van der Waals surface area contributed by atoms with Gasteiger partial charge in [-0.2, -0.15) is 0 Å². The highest BCUT2D eigenvalue weighted by atomic mass is 32.1. The van der Waals surface area contributed by atoms with Gasteiger partial charge < -0.3 is 35.4 Å². The number of rotatable bonds is 12. The third-order valence-electron chi connectivity index (χ3n) is 13.3. The first-order valence-corrected chi connectivity index (χ1v) is 23.5. The fraction of sp³-hybridized carbons (Fsp3) is 0.429. The van der Waals surface area contributed by atoms with Crippen LogP contribution in [-0.4, -0.2) is 105 Å². The van der Waals surface area contributed by atoms with Gasteiger partial charge in [0.05, 0.1) is 47.6 Å². The highest BCUT2D eigenvalue weighted by Gasteiger charge is 2.35. The number of piperidine rings is 1. The van der Waals surface area contributed by atoms with E-state index in [1.807, 2.05) is 30.3 Å². The number of nitrogens with zero attached hydrogens (tertiary/aromatic N) is 8. The van der Waals surface area contributed by atoms with Gasteiger partial charge in [-0.3, -0.25) is 24.4 Å². The van der Waals surface area contributed by atoms with Crippen molar-refractivity contribution in [2.24, 2.45) is 0 Å². The third-order valence-corrected chi connectivity index (χ3v) is 14.7. The molecule has 7 heterocycles. The molecule has 2 amide bonds. The largest absolute Gasteiger partial charge is 0.478 e. The van der Waals surface area contributed by atoms with Crippen LogP contribution in [0, 0.1) is 0 Å². The van der Waals surface area contributed by atoms with Crippen molar-refractivity contribution in [2.45, 2.75) is 90.0 Å². The predicted octanol–water partition coefficient (Wildman–Crippen LogP) is 6.85. The van der Waals surface area contributed by atoms with Gasteiger partial charge >= 0.3 is 0 Å². The van der Waals surface area contributed by atoms with Crippen LogP contribution >= 0.6 is 11.3 Å². The lowest BCUT2D eigenvalue weighted by molar-refractivity contribution is -0.111. The number of fused-ring (bicyclic) bond motifs is 3. The van der Waals surface area contributed by atoms with Crippen LogP contribution in [0.15, 0.2) is 67.6 Å². The van der Waals surface area contributed by atoms with Crippen LogP contribution in [0.5, 0.6) is 5.88 Å². The highest BCUT2D eigenvalue weighted by molar-refractivity contribution is 7.14. The van der Waals surface area contributed by atoms with Crippen molar-refractivity contribution in [1.82, 2.24) is 24.8 Å². The molecule has 2 saturated heterocycles. The number of benzene rings is 1. The average Bonchev–Trinajstić information content (AvgIpc) is 3.71. The average molecular weight is 899 g/mol. The molecule has 4 aliphatic rings. The minimum atomic E-state index is -0.991. The molecule has 3 aliphatic heterocycles. The Morgan fingerprint density at radius 3 is 2.55 bits per heavy atom. The summed E-state index contributed by atoms with van der Waals surface area (Å²) >= 11 is 1.62. The number of aliphatic hydroxyl groups is 2. The molecule has 1 atom stereocenters. The van der Waals surface area contributed by atoms with Crippen molar-refractivity contribution in [1.29, 1.82) is 0 Å². The fourth-order valence-electron chi connectivity index (χ4n) is 9.97. The second-order valence-corrected chi connectivity index (χ2v) is 19.0. The molecule has 0 unspecified atom stereocenters. The first kappa shape index (κ1) is 44.3. The van der Waals surface area contributed by atoms with Crippen LogP contribution in [0.1, 0.15) is 83.4 Å². The number of anilines is 6. The molecule has 0 saturated carbocycles. The minimum Gasteiger partial charge on any atom is -0.478 e. The van der Waals surface area contributed by atoms with E-state index in [9.17, 15) is 19.8 Å². The minimum absolute atomic E-state index is 0.0753. The molecule has 1 aromatic carbocycles. The summed E-state index contributed by atoms with van der Waals surface area (Å²) in [5.74, 6) is 0.606. The molecular formula is C49H58N10O5S. The van der Waals surface area contributed by atoms with Crippen LogP contribution in [0.25, 0.3) is 11.3 Å². The van der Waals surface area contributed by atoms with Gasteiger partial charge in [-0.05, 0) is 119 Å². The van der Waals surface area contributed by atoms with E-state index in [-0.39, 0.29) is 30.3 Å². The van der Waals surface area contributed by atoms with Crippen LogP contribution in [0.2, 0.25) is 0 Å². The number of thiophene rings is 1. The number of carbonyl (C=O) groups is 2. The molecule has 4 aromatic heterocycles. The molecular weight excluding hydrogens is 841 g/mol. The monoisotopic (exact) mass is 898 g/mol. The maximum atomic E-state index is 14.0. The quantitative estimate of drug-likeness (QED) is 0.0960. The predicted molar refractivity (Wildman–Crippen MR) is 256 cm³/mol. The number of aryl methyl sites for hydroxylation is 1. The first-order chi connectivity index (χ1) is 31.4. The lowest BCUT2D eigenvalue weighted by Gasteiger charge is -2.47. The van der Waals surface area contributed by atoms with E-state index in [0.29, 0.717) is 58.1 Å². The van der Waals surface area contributed by atoms with Crippen molar-refractivity contribution >= 4 is 57.5 Å². The Morgan fingerprint density at radius 1 is 1.00 bits per heavy atom. The van der Waals surface area contributed by atoms with E-state index >= 15 is 0 Å². The molecule has 9 rings (SSSR count). The Labute approximate surface area is 384 Å². The van der Waals surface area contributed by atoms with Gasteiger partial charge in [0.25, 0.3) is 11.8 Å². The maximum Gasteiger partial charge on any atom is 0.269 e. The number of ether oxygens (including phenoxy) is 1. The van der Waals surface area contributed by atoms with Crippen molar-refractivity contribution in [3.63, 3.8) is 0 Å². The number of aromatic nitrogens is 4. The number of hydrogen-bond acceptors (Lipinski definition) is 14. The Balaban J connectivity index is 0.917. The van der Waals surface area contributed by atoms with Gasteiger partial charge in [0.15, 0.2) is 5.82 Å². The van der Waals surface area contributed by atoms with Gasteiger partial charge in [-0.1, -0.05) is 6.58 Å². The number of methoxy groups -OCH3 is 1. The topological polar surface area (TPSA) is 172 Å². The number of hydrogen-bond donors (Lipinski definition) is 4. The van der Waals surface area contributed by atoms with E-state index in [1.54, 1.807) is 54.7 Å². The van der Waals surface area contributed by atoms with E-state index < -0.39 is 5.60 Å². The molecule has 15 nitrogen and oxygen atoms in total. The summed E-state index contributed by atoms with van der Waals surface area (Å²) in [6.45, 7) is 14.0. The number of aliphatic hydroxyl groups excluding tert-OH is 1. The number of amides is 2. The molecule has 0 radical (unpaired) electrons. The summed E-state index contributed by atoms with van der Waals surface area (Å²) in [6.07, 6.45) is 13.5. The van der Waals surface area contributed by atoms with Crippen molar-refractivity contribution in [3.8, 4) is 17.1 Å². The van der Waals surface area contributed by atoms with Crippen LogP contribution in [-0.2, 0) is 36.3 Å². The smallest absolute Gasteiger partial charge is 0.269 e. The fourth-order valence-corrected chi connectivity index (χ4v) is 11.4. The molecule has 0 spiro atoms. The summed E-state index contributed by atoms with van der Waals surface area (Å²) in [5, 5.41) is 27.8. The molecule has 340 valence electrons. The lowest BCUT2D eigenvalue weighted by atomic mass is 9.92. The van der Waals surface area contributed by atoms with Gasteiger partial charge in [0.2, 0.25) is 5.91 Å². The lowest BCUT2D eigenvalue weighted by Crippen LogP contribution is -2.57. The maximum absolute atomic E-state index is 14.0. The van der Waals surface area contributed by atoms with Gasteiger partial charge in [-0.25, -0.2) is 15.0 Å². The molecule has 5 aromatic rings. The molecule has 1 aliphatic carbocycles. The van der Waals surface area contributed by atoms with Crippen LogP contribution < -0.4 is 30.1 Å². The zero-order valence-electron chi connectivity index (χ0n) is 37.6. The van der Waals surface area contributed by atoms with E-state index in [2.05, 4.69) is 53.8 Å². The SMILES string of the molecule is C=CC(=O)Nc1cc(Nc2nc(-c3ccnc(N4CCc5c(sc6c5CCCC6)C4=O)c3CO)cnc2OC)ccc1N1CCN(C2CCN(c3ccnc(C(C)(C)O)c3)CC2)C[C@@H]1C. The van der Waals surface area contributed by atoms with E-state index in [4.69, 9.17) is 9.72 Å². The van der Waals surface area contributed by atoms with Crippen molar-refractivity contribution in [3.05, 3.63) is 99.8 Å². The molecule has 2 fully saturated rings. The highest BCUT2D eigenvalue weighted by Crippen LogP contribution is 2.41. The second-order valence-electron chi connectivity index (χ2n) is 17.9. The number of pyridine rings is 2. The molecule has 16 heteroatoms. The van der Waals surface area contributed by atoms with E-state index in [0.717, 1.165) is 93.9 Å². The molecule has 4 N–H and O–H groups in total. The first-order valence-electron chi connectivity index (χ1n) is 22.7. The van der Waals surface area contributed by atoms with Crippen molar-refractivity contribution < 1.29 is 24.5 Å². The second kappa shape index (κ2) is 18.5. The Kier molecular flexibility index (Phi) is 12.6. The third kappa shape index (κ3) is 8.92. The Morgan fingerprint density at radius 2 is 1.80 bits per heavy atom. The summed E-state index contributed by atoms with van der Waals surface area (Å²) in [5.41, 5.74) is 7.06. The summed E-state index contributed by atoms with van der Waals surface area (Å²) in [6, 6.07) is 12.3. The molecule has 65 heavy (non-hydrogen) atoms. The summed E-state index contributed by atoms with van der Waals surface area (Å²) in [7, 11) is 1.52. The van der Waals surface area contributed by atoms with Crippen LogP contribution in [0.4, 0.5) is 34.4 Å². The number of carbonyl (C=O) groups excluding carboxylic acids is 2. The van der Waals surface area contributed by atoms with E-state index in [1.165, 1.54) is 29.2 Å². The molecule has 0 bridgehead atoms. The van der Waals surface area contributed by atoms with Crippen molar-refractivity contribution in [2.75, 3.05) is 71.7 Å². The summed E-state index contributed by atoms with van der Waals surface area (Å²) in [4.78, 5) is 56.6. The van der Waals surface area contributed by atoms with Gasteiger partial charge in [-0.15, -0.1) is 11.3 Å². The number of nitrogens with one attached hydrogen (secondary N) is 2. The Hall–Kier alpha value is -5.94. The van der Waals surface area contributed by atoms with Gasteiger partial charge in [0, 0.05) is 91.1 Å². The number of piperazine rings is 1. The van der Waals surface area contributed by atoms with Gasteiger partial charge in [0.1, 0.15) is 11.4 Å². The normalized spacial score (nSPS) is 18.3. The zero-order valence-corrected chi connectivity index (χ0v) is 38.5. The zero-order chi connectivity index (χ0) is 45.4. The summed E-state index contributed by atoms with van der Waals surface area (Å²) < 4.78 is 5.66.